The fourth-order valence-electron chi connectivity index (χ4n) is 2.19. The summed E-state index contributed by atoms with van der Waals surface area (Å²) in [5, 5.41) is 4.72. The van der Waals surface area contributed by atoms with Crippen LogP contribution in [-0.2, 0) is 18.8 Å². The highest BCUT2D eigenvalue weighted by Crippen LogP contribution is 2.10. The maximum absolute atomic E-state index is 12.0. The smallest absolute Gasteiger partial charge is 0.348 e. The Morgan fingerprint density at radius 1 is 1.38 bits per heavy atom. The van der Waals surface area contributed by atoms with Gasteiger partial charge in [0.05, 0.1) is 6.54 Å². The van der Waals surface area contributed by atoms with E-state index in [1.807, 2.05) is 0 Å². The van der Waals surface area contributed by atoms with Crippen molar-refractivity contribution in [3.63, 3.8) is 0 Å². The maximum Gasteiger partial charge on any atom is 0.348 e. The maximum atomic E-state index is 12.0. The molecule has 0 bridgehead atoms. The fraction of sp³-hybridized carbons (Fsp3) is 0.286. The number of rotatable bonds is 5. The Labute approximate surface area is 139 Å². The van der Waals surface area contributed by atoms with Crippen molar-refractivity contribution in [1.82, 2.24) is 19.1 Å². The van der Waals surface area contributed by atoms with Crippen LogP contribution in [0.25, 0.3) is 11.2 Å². The molecule has 0 atom stereocenters. The van der Waals surface area contributed by atoms with Crippen molar-refractivity contribution in [2.75, 3.05) is 18.5 Å². The van der Waals surface area contributed by atoms with Crippen LogP contribution in [-0.4, -0.2) is 38.2 Å². The molecule has 10 heteroatoms. The number of hydrogen-bond donors (Lipinski definition) is 2. The first-order chi connectivity index (χ1) is 11.5. The summed E-state index contributed by atoms with van der Waals surface area (Å²) >= 11 is 1.31. The number of esters is 1. The molecule has 126 valence electrons. The molecule has 2 N–H and O–H groups in total. The monoisotopic (exact) mass is 349 g/mol. The second-order valence-electron chi connectivity index (χ2n) is 5.03. The molecule has 0 radical (unpaired) electrons. The summed E-state index contributed by atoms with van der Waals surface area (Å²) in [7, 11) is 2.94. The van der Waals surface area contributed by atoms with E-state index in [1.165, 1.54) is 30.0 Å². The highest BCUT2D eigenvalue weighted by Gasteiger charge is 2.13. The Morgan fingerprint density at radius 2 is 2.17 bits per heavy atom. The Bertz CT molecular complexity index is 999. The summed E-state index contributed by atoms with van der Waals surface area (Å²) in [6, 6.07) is 3.47. The number of imidazole rings is 1. The normalized spacial score (nSPS) is 10.9. The third-order valence-electron chi connectivity index (χ3n) is 3.44. The van der Waals surface area contributed by atoms with Crippen LogP contribution >= 0.6 is 11.3 Å². The zero-order chi connectivity index (χ0) is 17.3. The predicted molar refractivity (Wildman–Crippen MR) is 89.7 cm³/mol. The second kappa shape index (κ2) is 6.32. The number of nitrogens with zero attached hydrogens (tertiary/aromatic N) is 3. The number of carbonyl (C=O) groups is 1. The van der Waals surface area contributed by atoms with Crippen LogP contribution in [0.3, 0.4) is 0 Å². The lowest BCUT2D eigenvalue weighted by molar-refractivity contribution is 0.0526. The fourth-order valence-corrected chi connectivity index (χ4v) is 2.80. The number of anilines is 1. The van der Waals surface area contributed by atoms with Crippen molar-refractivity contribution in [3.05, 3.63) is 43.2 Å². The zero-order valence-corrected chi connectivity index (χ0v) is 13.8. The molecule has 0 aliphatic carbocycles. The number of aromatic amines is 1. The third kappa shape index (κ3) is 2.83. The average molecular weight is 349 g/mol. The summed E-state index contributed by atoms with van der Waals surface area (Å²) in [4.78, 5) is 43.1. The van der Waals surface area contributed by atoms with Crippen LogP contribution in [0.2, 0.25) is 0 Å². The highest BCUT2D eigenvalue weighted by molar-refractivity contribution is 7.11. The van der Waals surface area contributed by atoms with Crippen molar-refractivity contribution in [1.29, 1.82) is 0 Å². The van der Waals surface area contributed by atoms with E-state index in [0.29, 0.717) is 17.4 Å². The van der Waals surface area contributed by atoms with Crippen LogP contribution in [0.15, 0.2) is 27.1 Å². The van der Waals surface area contributed by atoms with Crippen LogP contribution in [0, 0.1) is 0 Å². The molecular formula is C14H15N5O4S. The highest BCUT2D eigenvalue weighted by atomic mass is 32.1. The molecule has 0 fully saturated rings. The Hall–Kier alpha value is -2.88. The summed E-state index contributed by atoms with van der Waals surface area (Å²) in [6.07, 6.45) is 0. The van der Waals surface area contributed by atoms with E-state index in [0.717, 1.165) is 4.57 Å². The van der Waals surface area contributed by atoms with Gasteiger partial charge in [0.15, 0.2) is 11.2 Å². The summed E-state index contributed by atoms with van der Waals surface area (Å²) in [6.45, 7) is 0.454. The topological polar surface area (TPSA) is 111 Å². The largest absolute Gasteiger partial charge is 0.460 e. The first-order valence-corrected chi connectivity index (χ1v) is 7.97. The van der Waals surface area contributed by atoms with E-state index in [2.05, 4.69) is 15.3 Å². The van der Waals surface area contributed by atoms with E-state index in [4.69, 9.17) is 4.74 Å². The average Bonchev–Trinajstić information content (AvgIpc) is 3.24. The molecule has 3 rings (SSSR count). The van der Waals surface area contributed by atoms with Gasteiger partial charge in [0.2, 0.25) is 5.95 Å². The number of aromatic nitrogens is 4. The van der Waals surface area contributed by atoms with Gasteiger partial charge in [0, 0.05) is 14.1 Å². The molecule has 0 aromatic carbocycles. The standard InChI is InChI=1S/C14H15N5O4S/c1-18-10-9(11(20)19(2)14(18)22)16-13(17-10)15-5-6-23-12(21)8-4-3-7-24-8/h3-4,7H,5-6H2,1-2H3,(H2,15,16,17). The van der Waals surface area contributed by atoms with E-state index in [1.54, 1.807) is 17.5 Å². The van der Waals surface area contributed by atoms with Gasteiger partial charge in [0.25, 0.3) is 5.56 Å². The number of thiophene rings is 1. The van der Waals surface area contributed by atoms with E-state index in [9.17, 15) is 14.4 Å². The van der Waals surface area contributed by atoms with Crippen LogP contribution in [0.4, 0.5) is 5.95 Å². The van der Waals surface area contributed by atoms with E-state index < -0.39 is 11.2 Å². The van der Waals surface area contributed by atoms with E-state index >= 15 is 0 Å². The number of H-pyrrole nitrogens is 1. The van der Waals surface area contributed by atoms with Gasteiger partial charge < -0.3 is 15.0 Å². The molecule has 0 amide bonds. The van der Waals surface area contributed by atoms with Gasteiger partial charge in [-0.05, 0) is 11.4 Å². The SMILES string of the molecule is Cn1c(=O)c2[nH]c(NCCOC(=O)c3cccs3)nc2n(C)c1=O. The van der Waals surface area contributed by atoms with Crippen molar-refractivity contribution < 1.29 is 9.53 Å². The molecular weight excluding hydrogens is 334 g/mol. The Kier molecular flexibility index (Phi) is 4.21. The molecule has 3 heterocycles. The summed E-state index contributed by atoms with van der Waals surface area (Å²) in [5.74, 6) is -0.0526. The molecule has 0 saturated carbocycles. The number of nitrogens with one attached hydrogen (secondary N) is 2. The number of fused-ring (bicyclic) bond motifs is 1. The summed E-state index contributed by atoms with van der Waals surface area (Å²) < 4.78 is 7.41. The van der Waals surface area contributed by atoms with Gasteiger partial charge in [-0.2, -0.15) is 4.98 Å². The number of carbonyl (C=O) groups excluding carboxylic acids is 1. The van der Waals surface area contributed by atoms with Crippen molar-refractivity contribution in [2.24, 2.45) is 14.1 Å². The minimum absolute atomic E-state index is 0.144. The van der Waals surface area contributed by atoms with Gasteiger partial charge in [0.1, 0.15) is 11.5 Å². The molecule has 0 saturated heterocycles. The van der Waals surface area contributed by atoms with Gasteiger partial charge in [-0.25, -0.2) is 9.59 Å². The zero-order valence-electron chi connectivity index (χ0n) is 13.0. The van der Waals surface area contributed by atoms with Crippen LogP contribution in [0.1, 0.15) is 9.67 Å². The molecule has 3 aromatic heterocycles. The first kappa shape index (κ1) is 16.0. The molecule has 0 spiro atoms. The van der Waals surface area contributed by atoms with Crippen molar-refractivity contribution in [3.8, 4) is 0 Å². The molecule has 0 aliphatic heterocycles. The van der Waals surface area contributed by atoms with Crippen molar-refractivity contribution >= 4 is 34.4 Å². The predicted octanol–water partition coefficient (Wildman–Crippen LogP) is 0.291. The minimum atomic E-state index is -0.449. The van der Waals surface area contributed by atoms with Crippen LogP contribution in [0.5, 0.6) is 0 Å². The molecule has 24 heavy (non-hydrogen) atoms. The Balaban J connectivity index is 1.67. The van der Waals surface area contributed by atoms with Gasteiger partial charge >= 0.3 is 11.7 Å². The van der Waals surface area contributed by atoms with Crippen LogP contribution < -0.4 is 16.6 Å². The van der Waals surface area contributed by atoms with Gasteiger partial charge in [-0.3, -0.25) is 13.9 Å². The molecule has 9 nitrogen and oxygen atoms in total. The number of aryl methyl sites for hydroxylation is 1. The minimum Gasteiger partial charge on any atom is -0.460 e. The lowest BCUT2D eigenvalue weighted by Gasteiger charge is -2.04. The first-order valence-electron chi connectivity index (χ1n) is 7.09. The van der Waals surface area contributed by atoms with Gasteiger partial charge in [-0.15, -0.1) is 11.3 Å². The van der Waals surface area contributed by atoms with E-state index in [-0.39, 0.29) is 23.7 Å². The summed E-state index contributed by atoms with van der Waals surface area (Å²) in [5.41, 5.74) is -0.396. The number of ether oxygens (including phenoxy) is 1. The lowest BCUT2D eigenvalue weighted by Crippen LogP contribution is -2.36. The Morgan fingerprint density at radius 3 is 2.88 bits per heavy atom. The lowest BCUT2D eigenvalue weighted by atomic mass is 10.5. The van der Waals surface area contributed by atoms with Crippen molar-refractivity contribution in [2.45, 2.75) is 0 Å². The third-order valence-corrected chi connectivity index (χ3v) is 4.29. The second-order valence-corrected chi connectivity index (χ2v) is 5.98. The number of hydrogen-bond acceptors (Lipinski definition) is 7. The van der Waals surface area contributed by atoms with Gasteiger partial charge in [-0.1, -0.05) is 6.07 Å². The quantitative estimate of drug-likeness (QED) is 0.506. The molecule has 0 unspecified atom stereocenters. The molecule has 0 aliphatic rings. The molecule has 3 aromatic rings.